The van der Waals surface area contributed by atoms with Crippen LogP contribution < -0.4 is 5.32 Å². The number of hydrogen-bond donors (Lipinski definition) is 1. The molecule has 0 unspecified atom stereocenters. The zero-order chi connectivity index (χ0) is 13.4. The summed E-state index contributed by atoms with van der Waals surface area (Å²) >= 11 is 0. The highest BCUT2D eigenvalue weighted by molar-refractivity contribution is 5.87. The van der Waals surface area contributed by atoms with E-state index in [0.29, 0.717) is 13.1 Å². The molecular formula is C15H20N2O2. The Morgan fingerprint density at radius 3 is 2.63 bits per heavy atom. The summed E-state index contributed by atoms with van der Waals surface area (Å²) in [5.74, 6) is 0.193. The van der Waals surface area contributed by atoms with Crippen LogP contribution in [0.2, 0.25) is 0 Å². The van der Waals surface area contributed by atoms with E-state index < -0.39 is 0 Å². The molecular weight excluding hydrogens is 240 g/mol. The summed E-state index contributed by atoms with van der Waals surface area (Å²) in [4.78, 5) is 14.5. The number of benzene rings is 1. The molecule has 0 bridgehead atoms. The minimum Gasteiger partial charge on any atom is -0.373 e. The molecule has 2 aliphatic heterocycles. The quantitative estimate of drug-likeness (QED) is 0.835. The number of anilines is 1. The van der Waals surface area contributed by atoms with Crippen LogP contribution in [-0.2, 0) is 16.0 Å². The topological polar surface area (TPSA) is 41.6 Å². The number of carbonyl (C=O) groups is 1. The Kier molecular flexibility index (Phi) is 3.19. The van der Waals surface area contributed by atoms with E-state index in [2.05, 4.69) is 11.4 Å². The molecule has 1 amide bonds. The van der Waals surface area contributed by atoms with Crippen molar-refractivity contribution in [3.05, 3.63) is 29.8 Å². The Balaban J connectivity index is 1.69. The van der Waals surface area contributed by atoms with E-state index in [4.69, 9.17) is 4.74 Å². The number of carbonyl (C=O) groups excluding carboxylic acids is 1. The standard InChI is InChI=1S/C15H20N2O2/c1-10-8-17(9-11(2)19-10)15(18)14-7-12-5-3-4-6-13(12)16-14/h3-6,10-11,14,16H,7-9H2,1-2H3/t10-,11+,14-/m0/s1. The molecule has 1 N–H and O–H groups in total. The lowest BCUT2D eigenvalue weighted by Gasteiger charge is -2.36. The minimum absolute atomic E-state index is 0.116. The summed E-state index contributed by atoms with van der Waals surface area (Å²) in [7, 11) is 0. The zero-order valence-electron chi connectivity index (χ0n) is 11.4. The van der Waals surface area contributed by atoms with Crippen molar-refractivity contribution in [1.29, 1.82) is 0 Å². The molecule has 2 aliphatic rings. The fourth-order valence-corrected chi connectivity index (χ4v) is 3.03. The lowest BCUT2D eigenvalue weighted by atomic mass is 10.1. The number of rotatable bonds is 1. The lowest BCUT2D eigenvalue weighted by molar-refractivity contribution is -0.143. The lowest BCUT2D eigenvalue weighted by Crippen LogP contribution is -2.52. The van der Waals surface area contributed by atoms with Crippen LogP contribution in [0.25, 0.3) is 0 Å². The van der Waals surface area contributed by atoms with Crippen LogP contribution in [0.15, 0.2) is 24.3 Å². The average molecular weight is 260 g/mol. The number of fused-ring (bicyclic) bond motifs is 1. The summed E-state index contributed by atoms with van der Waals surface area (Å²) in [6.07, 6.45) is 1.03. The Morgan fingerprint density at radius 1 is 1.26 bits per heavy atom. The van der Waals surface area contributed by atoms with E-state index in [-0.39, 0.29) is 24.2 Å². The molecule has 19 heavy (non-hydrogen) atoms. The number of nitrogens with one attached hydrogen (secondary N) is 1. The van der Waals surface area contributed by atoms with Crippen molar-refractivity contribution in [2.75, 3.05) is 18.4 Å². The molecule has 0 aliphatic carbocycles. The van der Waals surface area contributed by atoms with E-state index in [1.54, 1.807) is 0 Å². The first-order valence-electron chi connectivity index (χ1n) is 6.92. The van der Waals surface area contributed by atoms with Gasteiger partial charge in [0.25, 0.3) is 0 Å². The maximum Gasteiger partial charge on any atom is 0.245 e. The third-order valence-corrected chi connectivity index (χ3v) is 3.80. The summed E-state index contributed by atoms with van der Waals surface area (Å²) in [6, 6.07) is 8.02. The Hall–Kier alpha value is -1.55. The van der Waals surface area contributed by atoms with Gasteiger partial charge in [0.1, 0.15) is 6.04 Å². The summed E-state index contributed by atoms with van der Waals surface area (Å²) < 4.78 is 5.68. The molecule has 1 saturated heterocycles. The van der Waals surface area contributed by atoms with Crippen molar-refractivity contribution in [3.63, 3.8) is 0 Å². The molecule has 102 valence electrons. The van der Waals surface area contributed by atoms with Gasteiger partial charge in [0, 0.05) is 25.2 Å². The van der Waals surface area contributed by atoms with Crippen molar-refractivity contribution in [2.24, 2.45) is 0 Å². The molecule has 1 aromatic rings. The maximum atomic E-state index is 12.6. The SMILES string of the molecule is C[C@@H]1CN(C(=O)[C@@H]2Cc3ccccc3N2)C[C@H](C)O1. The highest BCUT2D eigenvalue weighted by atomic mass is 16.5. The van der Waals surface area contributed by atoms with Gasteiger partial charge in [0.05, 0.1) is 12.2 Å². The van der Waals surface area contributed by atoms with Gasteiger partial charge in [0.2, 0.25) is 5.91 Å². The van der Waals surface area contributed by atoms with Crippen LogP contribution >= 0.6 is 0 Å². The molecule has 1 aromatic carbocycles. The minimum atomic E-state index is -0.116. The molecule has 3 rings (SSSR count). The van der Waals surface area contributed by atoms with Crippen molar-refractivity contribution in [2.45, 2.75) is 38.5 Å². The summed E-state index contributed by atoms with van der Waals surface area (Å²) in [6.45, 7) is 5.43. The third kappa shape index (κ3) is 2.45. The van der Waals surface area contributed by atoms with Gasteiger partial charge in [-0.1, -0.05) is 18.2 Å². The van der Waals surface area contributed by atoms with Gasteiger partial charge < -0.3 is 15.0 Å². The Bertz CT molecular complexity index is 454. The monoisotopic (exact) mass is 260 g/mol. The van der Waals surface area contributed by atoms with Crippen LogP contribution in [0.4, 0.5) is 5.69 Å². The van der Waals surface area contributed by atoms with Gasteiger partial charge in [-0.05, 0) is 25.5 Å². The molecule has 0 saturated carbocycles. The zero-order valence-corrected chi connectivity index (χ0v) is 11.4. The molecule has 0 radical (unpaired) electrons. The average Bonchev–Trinajstić information content (AvgIpc) is 2.80. The number of hydrogen-bond acceptors (Lipinski definition) is 3. The van der Waals surface area contributed by atoms with Crippen LogP contribution in [0.5, 0.6) is 0 Å². The van der Waals surface area contributed by atoms with Gasteiger partial charge in [-0.3, -0.25) is 4.79 Å². The van der Waals surface area contributed by atoms with E-state index in [9.17, 15) is 4.79 Å². The number of morpholine rings is 1. The summed E-state index contributed by atoms with van der Waals surface area (Å²) in [5, 5.41) is 3.33. The van der Waals surface area contributed by atoms with E-state index in [1.807, 2.05) is 36.9 Å². The molecule has 0 spiro atoms. The molecule has 2 heterocycles. The fraction of sp³-hybridized carbons (Fsp3) is 0.533. The molecule has 0 aromatic heterocycles. The van der Waals surface area contributed by atoms with Crippen LogP contribution in [-0.4, -0.2) is 42.1 Å². The van der Waals surface area contributed by atoms with Gasteiger partial charge in [-0.15, -0.1) is 0 Å². The first kappa shape index (κ1) is 12.5. The highest BCUT2D eigenvalue weighted by Gasteiger charge is 2.33. The second-order valence-electron chi connectivity index (χ2n) is 5.56. The first-order valence-corrected chi connectivity index (χ1v) is 6.92. The maximum absolute atomic E-state index is 12.6. The van der Waals surface area contributed by atoms with Crippen molar-refractivity contribution < 1.29 is 9.53 Å². The van der Waals surface area contributed by atoms with Gasteiger partial charge >= 0.3 is 0 Å². The molecule has 4 heteroatoms. The van der Waals surface area contributed by atoms with Crippen molar-refractivity contribution in [1.82, 2.24) is 4.90 Å². The van der Waals surface area contributed by atoms with Crippen LogP contribution in [0, 0.1) is 0 Å². The third-order valence-electron chi connectivity index (χ3n) is 3.80. The van der Waals surface area contributed by atoms with Crippen LogP contribution in [0.1, 0.15) is 19.4 Å². The predicted molar refractivity (Wildman–Crippen MR) is 74.1 cm³/mol. The number of amides is 1. The number of para-hydroxylation sites is 1. The van der Waals surface area contributed by atoms with Crippen LogP contribution in [0.3, 0.4) is 0 Å². The first-order chi connectivity index (χ1) is 9.13. The molecule has 4 nitrogen and oxygen atoms in total. The Morgan fingerprint density at radius 2 is 1.95 bits per heavy atom. The van der Waals surface area contributed by atoms with Crippen molar-refractivity contribution in [3.8, 4) is 0 Å². The molecule has 3 atom stereocenters. The number of nitrogens with zero attached hydrogens (tertiary/aromatic N) is 1. The van der Waals surface area contributed by atoms with E-state index in [1.165, 1.54) is 5.56 Å². The second-order valence-corrected chi connectivity index (χ2v) is 5.56. The Labute approximate surface area is 113 Å². The van der Waals surface area contributed by atoms with E-state index >= 15 is 0 Å². The largest absolute Gasteiger partial charge is 0.373 e. The van der Waals surface area contributed by atoms with Gasteiger partial charge in [0.15, 0.2) is 0 Å². The second kappa shape index (κ2) is 4.85. The van der Waals surface area contributed by atoms with E-state index in [0.717, 1.165) is 12.1 Å². The predicted octanol–water partition coefficient (Wildman–Crippen LogP) is 1.66. The fourth-order valence-electron chi connectivity index (χ4n) is 3.03. The normalized spacial score (nSPS) is 29.8. The van der Waals surface area contributed by atoms with Gasteiger partial charge in [-0.25, -0.2) is 0 Å². The van der Waals surface area contributed by atoms with Crippen molar-refractivity contribution >= 4 is 11.6 Å². The number of ether oxygens (including phenoxy) is 1. The molecule has 1 fully saturated rings. The van der Waals surface area contributed by atoms with Gasteiger partial charge in [-0.2, -0.15) is 0 Å². The smallest absolute Gasteiger partial charge is 0.245 e. The highest BCUT2D eigenvalue weighted by Crippen LogP contribution is 2.26. The summed E-state index contributed by atoms with van der Waals surface area (Å²) in [5.41, 5.74) is 2.32.